The highest BCUT2D eigenvalue weighted by atomic mass is 16.5. The van der Waals surface area contributed by atoms with E-state index >= 15 is 0 Å². The van der Waals surface area contributed by atoms with Crippen molar-refractivity contribution < 1.29 is 14.3 Å². The van der Waals surface area contributed by atoms with Crippen LogP contribution in [0.3, 0.4) is 0 Å². The minimum atomic E-state index is -0.170. The molecule has 16 heavy (non-hydrogen) atoms. The molecule has 1 rings (SSSR count). The molecule has 0 amide bonds. The quantitative estimate of drug-likeness (QED) is 0.673. The van der Waals surface area contributed by atoms with Gasteiger partial charge in [-0.25, -0.2) is 0 Å². The first kappa shape index (κ1) is 13.4. The summed E-state index contributed by atoms with van der Waals surface area (Å²) in [6.07, 6.45) is 2.12. The number of carbonyl (C=O) groups is 1. The van der Waals surface area contributed by atoms with Crippen molar-refractivity contribution in [2.75, 3.05) is 33.4 Å². The average molecular weight is 230 g/mol. The Kier molecular flexibility index (Phi) is 5.73. The van der Waals surface area contributed by atoms with Crippen molar-refractivity contribution >= 4 is 5.97 Å². The maximum Gasteiger partial charge on any atom is 0.320 e. The molecule has 2 N–H and O–H groups in total. The molecule has 2 unspecified atom stereocenters. The summed E-state index contributed by atoms with van der Waals surface area (Å²) in [6.45, 7) is 3.99. The van der Waals surface area contributed by atoms with Crippen molar-refractivity contribution in [1.29, 1.82) is 0 Å². The van der Waals surface area contributed by atoms with Crippen LogP contribution in [0.5, 0.6) is 0 Å². The van der Waals surface area contributed by atoms with Crippen LogP contribution < -0.4 is 5.73 Å². The predicted octanol–water partition coefficient (Wildman–Crippen LogP) is -0.0124. The Labute approximate surface area is 96.9 Å². The number of esters is 1. The van der Waals surface area contributed by atoms with Crippen molar-refractivity contribution in [3.8, 4) is 0 Å². The lowest BCUT2D eigenvalue weighted by Gasteiger charge is -2.37. The zero-order valence-corrected chi connectivity index (χ0v) is 10.1. The first-order valence-electron chi connectivity index (χ1n) is 5.83. The van der Waals surface area contributed by atoms with Crippen LogP contribution in [0, 0.1) is 0 Å². The van der Waals surface area contributed by atoms with Gasteiger partial charge in [-0.2, -0.15) is 0 Å². The number of carbonyl (C=O) groups excluding carboxylic acids is 1. The Morgan fingerprint density at radius 3 is 2.88 bits per heavy atom. The number of nitrogens with zero attached hydrogens (tertiary/aromatic N) is 1. The van der Waals surface area contributed by atoms with E-state index in [0.29, 0.717) is 19.7 Å². The molecule has 1 saturated heterocycles. The van der Waals surface area contributed by atoms with E-state index < -0.39 is 0 Å². The molecule has 1 heterocycles. The van der Waals surface area contributed by atoms with Crippen LogP contribution >= 0.6 is 0 Å². The van der Waals surface area contributed by atoms with Crippen LogP contribution in [0.1, 0.15) is 19.8 Å². The number of rotatable bonds is 5. The van der Waals surface area contributed by atoms with E-state index in [0.717, 1.165) is 19.4 Å². The first-order valence-corrected chi connectivity index (χ1v) is 5.83. The minimum Gasteiger partial charge on any atom is -0.465 e. The van der Waals surface area contributed by atoms with Crippen LogP contribution in [0.4, 0.5) is 0 Å². The SMILES string of the molecule is CCOC(=O)CN1CCC(OC)CC1CN. The Balaban J connectivity index is 2.43. The molecule has 0 aromatic heterocycles. The normalized spacial score (nSPS) is 26.7. The fraction of sp³-hybridized carbons (Fsp3) is 0.909. The van der Waals surface area contributed by atoms with Crippen molar-refractivity contribution in [2.45, 2.75) is 31.9 Å². The zero-order chi connectivity index (χ0) is 12.0. The number of hydrogen-bond donors (Lipinski definition) is 1. The molecule has 5 heteroatoms. The highest BCUT2D eigenvalue weighted by Gasteiger charge is 2.28. The number of piperidine rings is 1. The molecule has 5 nitrogen and oxygen atoms in total. The maximum absolute atomic E-state index is 11.4. The van der Waals surface area contributed by atoms with Crippen molar-refractivity contribution in [1.82, 2.24) is 4.90 Å². The van der Waals surface area contributed by atoms with Gasteiger partial charge in [0.15, 0.2) is 0 Å². The highest BCUT2D eigenvalue weighted by Crippen LogP contribution is 2.18. The smallest absolute Gasteiger partial charge is 0.320 e. The van der Waals surface area contributed by atoms with Gasteiger partial charge >= 0.3 is 5.97 Å². The second kappa shape index (κ2) is 6.83. The standard InChI is InChI=1S/C11H22N2O3/c1-3-16-11(14)8-13-5-4-10(15-2)6-9(13)7-12/h9-10H,3-8,12H2,1-2H3. The Hall–Kier alpha value is -0.650. The summed E-state index contributed by atoms with van der Waals surface area (Å²) in [5, 5.41) is 0. The Morgan fingerprint density at radius 1 is 1.56 bits per heavy atom. The van der Waals surface area contributed by atoms with Crippen LogP contribution in [-0.4, -0.2) is 56.4 Å². The van der Waals surface area contributed by atoms with Gasteiger partial charge in [0.2, 0.25) is 0 Å². The van der Waals surface area contributed by atoms with Crippen LogP contribution in [0.25, 0.3) is 0 Å². The third-order valence-corrected chi connectivity index (χ3v) is 3.03. The van der Waals surface area contributed by atoms with Crippen molar-refractivity contribution in [3.05, 3.63) is 0 Å². The van der Waals surface area contributed by atoms with Gasteiger partial charge in [-0.05, 0) is 19.8 Å². The summed E-state index contributed by atoms with van der Waals surface area (Å²) < 4.78 is 10.3. The number of methoxy groups -OCH3 is 1. The van der Waals surface area contributed by atoms with E-state index in [4.69, 9.17) is 15.2 Å². The summed E-state index contributed by atoms with van der Waals surface area (Å²) >= 11 is 0. The van der Waals surface area contributed by atoms with Crippen molar-refractivity contribution in [3.63, 3.8) is 0 Å². The van der Waals surface area contributed by atoms with Crippen LogP contribution in [0.2, 0.25) is 0 Å². The molecule has 0 radical (unpaired) electrons. The van der Waals surface area contributed by atoms with Crippen LogP contribution in [0.15, 0.2) is 0 Å². The van der Waals surface area contributed by atoms with E-state index in [9.17, 15) is 4.79 Å². The summed E-state index contributed by atoms with van der Waals surface area (Å²) in [6, 6.07) is 0.225. The Morgan fingerprint density at radius 2 is 2.31 bits per heavy atom. The predicted molar refractivity (Wildman–Crippen MR) is 61.1 cm³/mol. The van der Waals surface area contributed by atoms with E-state index in [1.165, 1.54) is 0 Å². The average Bonchev–Trinajstić information content (AvgIpc) is 2.30. The van der Waals surface area contributed by atoms with E-state index in [2.05, 4.69) is 4.90 Å². The lowest BCUT2D eigenvalue weighted by molar-refractivity contribution is -0.146. The molecule has 0 aliphatic carbocycles. The largest absolute Gasteiger partial charge is 0.465 e. The molecule has 1 aliphatic heterocycles. The molecule has 0 saturated carbocycles. The molecule has 0 aromatic carbocycles. The number of ether oxygens (including phenoxy) is 2. The minimum absolute atomic E-state index is 0.170. The van der Waals surface area contributed by atoms with Gasteiger partial charge < -0.3 is 15.2 Å². The molecular weight excluding hydrogens is 208 g/mol. The molecule has 0 spiro atoms. The lowest BCUT2D eigenvalue weighted by atomic mass is 9.99. The van der Waals surface area contributed by atoms with E-state index in [1.807, 2.05) is 6.92 Å². The highest BCUT2D eigenvalue weighted by molar-refractivity contribution is 5.71. The summed E-state index contributed by atoms with van der Waals surface area (Å²) in [5.41, 5.74) is 5.71. The van der Waals surface area contributed by atoms with Gasteiger partial charge in [0, 0.05) is 26.2 Å². The summed E-state index contributed by atoms with van der Waals surface area (Å²) in [7, 11) is 1.72. The van der Waals surface area contributed by atoms with E-state index in [1.54, 1.807) is 7.11 Å². The number of nitrogens with two attached hydrogens (primary N) is 1. The van der Waals surface area contributed by atoms with Crippen LogP contribution in [-0.2, 0) is 14.3 Å². The fourth-order valence-corrected chi connectivity index (χ4v) is 2.10. The van der Waals surface area contributed by atoms with Crippen molar-refractivity contribution in [2.24, 2.45) is 5.73 Å². The molecule has 2 atom stereocenters. The molecular formula is C11H22N2O3. The second-order valence-corrected chi connectivity index (χ2v) is 4.05. The third-order valence-electron chi connectivity index (χ3n) is 3.03. The van der Waals surface area contributed by atoms with Gasteiger partial charge in [0.1, 0.15) is 0 Å². The van der Waals surface area contributed by atoms with Gasteiger partial charge in [-0.15, -0.1) is 0 Å². The third kappa shape index (κ3) is 3.73. The molecule has 94 valence electrons. The first-order chi connectivity index (χ1) is 7.71. The summed E-state index contributed by atoms with van der Waals surface area (Å²) in [4.78, 5) is 13.5. The molecule has 0 aromatic rings. The molecule has 1 fully saturated rings. The van der Waals surface area contributed by atoms with E-state index in [-0.39, 0.29) is 18.1 Å². The fourth-order valence-electron chi connectivity index (χ4n) is 2.10. The Bertz CT molecular complexity index is 223. The topological polar surface area (TPSA) is 64.8 Å². The van der Waals surface area contributed by atoms with Gasteiger partial charge in [-0.1, -0.05) is 0 Å². The van der Waals surface area contributed by atoms with Gasteiger partial charge in [0.05, 0.1) is 19.3 Å². The molecule has 1 aliphatic rings. The zero-order valence-electron chi connectivity index (χ0n) is 10.1. The second-order valence-electron chi connectivity index (χ2n) is 4.05. The maximum atomic E-state index is 11.4. The molecule has 0 bridgehead atoms. The lowest BCUT2D eigenvalue weighted by Crippen LogP contribution is -2.50. The number of hydrogen-bond acceptors (Lipinski definition) is 5. The monoisotopic (exact) mass is 230 g/mol. The van der Waals surface area contributed by atoms with Gasteiger partial charge in [-0.3, -0.25) is 9.69 Å². The summed E-state index contributed by atoms with van der Waals surface area (Å²) in [5.74, 6) is -0.170. The number of likely N-dealkylation sites (tertiary alicyclic amines) is 1. The van der Waals surface area contributed by atoms with Gasteiger partial charge in [0.25, 0.3) is 0 Å².